The van der Waals surface area contributed by atoms with Crippen molar-refractivity contribution in [2.75, 3.05) is 12.4 Å². The standard InChI is InChI=1S/C14H15ClN4O2/c1-21-13-5-3-9(15)7-12(13)16-14(20)8-2-4-10-11(6-8)18-19-17-10/h3,5,7-8H,2,4,6H2,1H3,(H,16,20)(H,17,18,19). The predicted molar refractivity (Wildman–Crippen MR) is 78.5 cm³/mol. The molecule has 1 aromatic carbocycles. The minimum Gasteiger partial charge on any atom is -0.495 e. The van der Waals surface area contributed by atoms with E-state index in [-0.39, 0.29) is 11.8 Å². The molecule has 7 heteroatoms. The molecule has 1 aromatic heterocycles. The van der Waals surface area contributed by atoms with Crippen LogP contribution in [0.1, 0.15) is 17.8 Å². The number of aryl methyl sites for hydroxylation is 1. The van der Waals surface area contributed by atoms with Crippen molar-refractivity contribution in [2.24, 2.45) is 5.92 Å². The number of hydrogen-bond acceptors (Lipinski definition) is 4. The SMILES string of the molecule is COc1ccc(Cl)cc1NC(=O)C1CCc2n[nH]nc2C1. The quantitative estimate of drug-likeness (QED) is 0.911. The number of methoxy groups -OCH3 is 1. The third-order valence-electron chi connectivity index (χ3n) is 3.66. The van der Waals surface area contributed by atoms with E-state index in [4.69, 9.17) is 16.3 Å². The molecule has 0 fully saturated rings. The van der Waals surface area contributed by atoms with Gasteiger partial charge in [0.2, 0.25) is 5.91 Å². The van der Waals surface area contributed by atoms with Crippen LogP contribution in [0.25, 0.3) is 0 Å². The molecule has 21 heavy (non-hydrogen) atoms. The van der Waals surface area contributed by atoms with E-state index in [0.717, 1.165) is 24.2 Å². The average molecular weight is 307 g/mol. The Morgan fingerprint density at radius 1 is 1.43 bits per heavy atom. The van der Waals surface area contributed by atoms with E-state index in [9.17, 15) is 4.79 Å². The normalized spacial score (nSPS) is 17.1. The molecule has 6 nitrogen and oxygen atoms in total. The Morgan fingerprint density at radius 3 is 3.05 bits per heavy atom. The van der Waals surface area contributed by atoms with Gasteiger partial charge in [-0.25, -0.2) is 0 Å². The first-order valence-corrected chi connectivity index (χ1v) is 7.08. The minimum absolute atomic E-state index is 0.0517. The summed E-state index contributed by atoms with van der Waals surface area (Å²) in [4.78, 5) is 12.4. The Bertz CT molecular complexity index is 671. The highest BCUT2D eigenvalue weighted by molar-refractivity contribution is 6.31. The van der Waals surface area contributed by atoms with Crippen LogP contribution in [-0.4, -0.2) is 28.4 Å². The summed E-state index contributed by atoms with van der Waals surface area (Å²) < 4.78 is 5.23. The van der Waals surface area contributed by atoms with Crippen LogP contribution >= 0.6 is 11.6 Å². The molecule has 3 rings (SSSR count). The number of nitrogens with zero attached hydrogens (tertiary/aromatic N) is 2. The zero-order chi connectivity index (χ0) is 14.8. The summed E-state index contributed by atoms with van der Waals surface area (Å²) in [5.74, 6) is 0.418. The topological polar surface area (TPSA) is 79.9 Å². The highest BCUT2D eigenvalue weighted by Crippen LogP contribution is 2.29. The number of ether oxygens (including phenoxy) is 1. The first-order valence-electron chi connectivity index (χ1n) is 6.70. The molecular formula is C14H15ClN4O2. The number of benzene rings is 1. The van der Waals surface area contributed by atoms with Crippen molar-refractivity contribution in [3.63, 3.8) is 0 Å². The van der Waals surface area contributed by atoms with Crippen molar-refractivity contribution in [2.45, 2.75) is 19.3 Å². The first kappa shape index (κ1) is 13.9. The van der Waals surface area contributed by atoms with Gasteiger partial charge in [0.1, 0.15) is 5.75 Å². The van der Waals surface area contributed by atoms with Gasteiger partial charge in [-0.15, -0.1) is 0 Å². The Labute approximate surface area is 126 Å². The predicted octanol–water partition coefficient (Wildman–Crippen LogP) is 2.21. The molecule has 2 aromatic rings. The van der Waals surface area contributed by atoms with Gasteiger partial charge in [0.15, 0.2) is 0 Å². The molecule has 0 aliphatic heterocycles. The smallest absolute Gasteiger partial charge is 0.227 e. The molecule has 1 aliphatic rings. The van der Waals surface area contributed by atoms with Crippen molar-refractivity contribution in [1.82, 2.24) is 15.4 Å². The van der Waals surface area contributed by atoms with Crippen LogP contribution in [0.5, 0.6) is 5.75 Å². The van der Waals surface area contributed by atoms with Crippen LogP contribution in [0.4, 0.5) is 5.69 Å². The first-order chi connectivity index (χ1) is 10.2. The Balaban J connectivity index is 1.74. The van der Waals surface area contributed by atoms with Gasteiger partial charge in [-0.05, 0) is 31.0 Å². The number of halogens is 1. The third-order valence-corrected chi connectivity index (χ3v) is 3.90. The summed E-state index contributed by atoms with van der Waals surface area (Å²) in [5, 5.41) is 14.2. The fourth-order valence-corrected chi connectivity index (χ4v) is 2.69. The van der Waals surface area contributed by atoms with E-state index in [1.807, 2.05) is 0 Å². The highest BCUT2D eigenvalue weighted by atomic mass is 35.5. The fraction of sp³-hybridized carbons (Fsp3) is 0.357. The molecule has 1 amide bonds. The van der Waals surface area contributed by atoms with Gasteiger partial charge in [-0.3, -0.25) is 4.79 Å². The summed E-state index contributed by atoms with van der Waals surface area (Å²) in [6.07, 6.45) is 2.12. The number of aromatic amines is 1. The van der Waals surface area contributed by atoms with Crippen LogP contribution in [0.3, 0.4) is 0 Å². The lowest BCUT2D eigenvalue weighted by molar-refractivity contribution is -0.120. The molecule has 2 N–H and O–H groups in total. The van der Waals surface area contributed by atoms with E-state index < -0.39 is 0 Å². The molecule has 0 radical (unpaired) electrons. The van der Waals surface area contributed by atoms with Crippen LogP contribution in [0.15, 0.2) is 18.2 Å². The summed E-state index contributed by atoms with van der Waals surface area (Å²) in [7, 11) is 1.56. The molecule has 0 saturated heterocycles. The highest BCUT2D eigenvalue weighted by Gasteiger charge is 2.27. The van der Waals surface area contributed by atoms with Gasteiger partial charge in [0.05, 0.1) is 24.2 Å². The summed E-state index contributed by atoms with van der Waals surface area (Å²) >= 11 is 5.97. The lowest BCUT2D eigenvalue weighted by Crippen LogP contribution is -2.28. The third kappa shape index (κ3) is 2.85. The number of nitrogens with one attached hydrogen (secondary N) is 2. The van der Waals surface area contributed by atoms with E-state index in [1.165, 1.54) is 0 Å². The maximum absolute atomic E-state index is 12.4. The van der Waals surface area contributed by atoms with Crippen LogP contribution in [0.2, 0.25) is 5.02 Å². The van der Waals surface area contributed by atoms with Crippen molar-refractivity contribution in [3.05, 3.63) is 34.6 Å². The minimum atomic E-state index is -0.119. The molecular weight excluding hydrogens is 292 g/mol. The molecule has 1 aliphatic carbocycles. The number of carbonyl (C=O) groups excluding carboxylic acids is 1. The molecule has 0 spiro atoms. The molecule has 0 saturated carbocycles. The molecule has 1 atom stereocenters. The average Bonchev–Trinajstić information content (AvgIpc) is 2.94. The number of aromatic nitrogens is 3. The fourth-order valence-electron chi connectivity index (χ4n) is 2.52. The van der Waals surface area contributed by atoms with Crippen LogP contribution < -0.4 is 10.1 Å². The van der Waals surface area contributed by atoms with Gasteiger partial charge in [-0.2, -0.15) is 15.4 Å². The number of anilines is 1. The van der Waals surface area contributed by atoms with E-state index in [0.29, 0.717) is 22.9 Å². The number of fused-ring (bicyclic) bond motifs is 1. The molecule has 1 heterocycles. The zero-order valence-electron chi connectivity index (χ0n) is 11.5. The maximum Gasteiger partial charge on any atom is 0.227 e. The van der Waals surface area contributed by atoms with Gasteiger partial charge >= 0.3 is 0 Å². The van der Waals surface area contributed by atoms with Crippen LogP contribution in [-0.2, 0) is 17.6 Å². The van der Waals surface area contributed by atoms with Gasteiger partial charge in [0, 0.05) is 17.4 Å². The van der Waals surface area contributed by atoms with Crippen molar-refractivity contribution in [1.29, 1.82) is 0 Å². The van der Waals surface area contributed by atoms with Crippen molar-refractivity contribution < 1.29 is 9.53 Å². The second-order valence-electron chi connectivity index (χ2n) is 4.99. The van der Waals surface area contributed by atoms with Gasteiger partial charge in [0.25, 0.3) is 0 Å². The number of carbonyl (C=O) groups is 1. The maximum atomic E-state index is 12.4. The lowest BCUT2D eigenvalue weighted by atomic mass is 9.89. The Kier molecular flexibility index (Phi) is 3.79. The van der Waals surface area contributed by atoms with Crippen molar-refractivity contribution in [3.8, 4) is 5.75 Å². The summed E-state index contributed by atoms with van der Waals surface area (Å²) in [6, 6.07) is 5.13. The zero-order valence-corrected chi connectivity index (χ0v) is 12.3. The van der Waals surface area contributed by atoms with E-state index in [2.05, 4.69) is 20.7 Å². The number of hydrogen-bond donors (Lipinski definition) is 2. The summed E-state index contributed by atoms with van der Waals surface area (Å²) in [5.41, 5.74) is 2.42. The lowest BCUT2D eigenvalue weighted by Gasteiger charge is -2.20. The molecule has 0 bridgehead atoms. The number of amides is 1. The molecule has 1 unspecified atom stereocenters. The Hall–Kier alpha value is -2.08. The number of rotatable bonds is 3. The van der Waals surface area contributed by atoms with Gasteiger partial charge < -0.3 is 10.1 Å². The van der Waals surface area contributed by atoms with Crippen LogP contribution in [0, 0.1) is 5.92 Å². The monoisotopic (exact) mass is 306 g/mol. The second kappa shape index (κ2) is 5.73. The van der Waals surface area contributed by atoms with E-state index >= 15 is 0 Å². The second-order valence-corrected chi connectivity index (χ2v) is 5.43. The molecule has 110 valence electrons. The van der Waals surface area contributed by atoms with E-state index in [1.54, 1.807) is 25.3 Å². The van der Waals surface area contributed by atoms with Crippen molar-refractivity contribution >= 4 is 23.2 Å². The number of H-pyrrole nitrogens is 1. The summed E-state index contributed by atoms with van der Waals surface area (Å²) in [6.45, 7) is 0. The Morgan fingerprint density at radius 2 is 2.24 bits per heavy atom. The van der Waals surface area contributed by atoms with Gasteiger partial charge in [-0.1, -0.05) is 11.6 Å². The largest absolute Gasteiger partial charge is 0.495 e.